The predicted octanol–water partition coefficient (Wildman–Crippen LogP) is 4.21. The van der Waals surface area contributed by atoms with E-state index in [2.05, 4.69) is 61.6 Å². The molecule has 23 heavy (non-hydrogen) atoms. The van der Waals surface area contributed by atoms with Gasteiger partial charge >= 0.3 is 5.97 Å². The zero-order chi connectivity index (χ0) is 16.4. The highest BCUT2D eigenvalue weighted by Gasteiger charge is 2.30. The minimum Gasteiger partial charge on any atom is -0.481 e. The van der Waals surface area contributed by atoms with Crippen molar-refractivity contribution < 1.29 is 9.90 Å². The maximum atomic E-state index is 11.2. The Morgan fingerprint density at radius 2 is 1.91 bits per heavy atom. The first-order valence-electron chi connectivity index (χ1n) is 8.21. The maximum absolute atomic E-state index is 11.2. The molecule has 1 aliphatic rings. The molecular formula is C20H23NO2. The fourth-order valence-corrected chi connectivity index (χ4v) is 3.34. The second kappa shape index (κ2) is 6.55. The highest BCUT2D eigenvalue weighted by atomic mass is 16.4. The van der Waals surface area contributed by atoms with Crippen molar-refractivity contribution in [3.8, 4) is 11.1 Å². The molecule has 120 valence electrons. The lowest BCUT2D eigenvalue weighted by Crippen LogP contribution is -2.17. The summed E-state index contributed by atoms with van der Waals surface area (Å²) in [6.45, 7) is 4.96. The molecule has 0 aliphatic carbocycles. The van der Waals surface area contributed by atoms with Gasteiger partial charge in [-0.1, -0.05) is 56.3 Å². The van der Waals surface area contributed by atoms with Crippen LogP contribution < -0.4 is 5.32 Å². The van der Waals surface area contributed by atoms with Gasteiger partial charge in [0, 0.05) is 12.6 Å². The van der Waals surface area contributed by atoms with Crippen LogP contribution >= 0.6 is 0 Å². The standard InChI is InChI=1S/C20H23NO2/c1-13(2)17-9-8-15(19-11-16(12-21-19)20(22)23)10-18(17)14-6-4-3-5-7-14/h3-10,13,16,19,21H,11-12H2,1-2H3,(H,22,23). The summed E-state index contributed by atoms with van der Waals surface area (Å²) in [5, 5.41) is 12.5. The first kappa shape index (κ1) is 15.8. The molecule has 3 nitrogen and oxygen atoms in total. The van der Waals surface area contributed by atoms with E-state index in [0.717, 1.165) is 0 Å². The Hall–Kier alpha value is -2.13. The third kappa shape index (κ3) is 3.30. The summed E-state index contributed by atoms with van der Waals surface area (Å²) in [5.41, 5.74) is 4.97. The van der Waals surface area contributed by atoms with Crippen LogP contribution in [0.2, 0.25) is 0 Å². The van der Waals surface area contributed by atoms with Crippen molar-refractivity contribution >= 4 is 5.97 Å². The van der Waals surface area contributed by atoms with Crippen molar-refractivity contribution in [2.45, 2.75) is 32.2 Å². The van der Waals surface area contributed by atoms with Crippen molar-refractivity contribution in [3.05, 3.63) is 59.7 Å². The van der Waals surface area contributed by atoms with Gasteiger partial charge < -0.3 is 10.4 Å². The fraction of sp³-hybridized carbons (Fsp3) is 0.350. The van der Waals surface area contributed by atoms with Gasteiger partial charge in [0.15, 0.2) is 0 Å². The van der Waals surface area contributed by atoms with Crippen LogP contribution in [0.5, 0.6) is 0 Å². The van der Waals surface area contributed by atoms with E-state index in [1.807, 2.05) is 6.07 Å². The molecule has 1 saturated heterocycles. The third-order valence-electron chi connectivity index (χ3n) is 4.67. The molecule has 2 aromatic carbocycles. The van der Waals surface area contributed by atoms with Crippen LogP contribution in [0.1, 0.15) is 43.4 Å². The SMILES string of the molecule is CC(C)c1ccc(C2CC(C(=O)O)CN2)cc1-c1ccccc1. The average Bonchev–Trinajstić information content (AvgIpc) is 3.05. The van der Waals surface area contributed by atoms with Crippen LogP contribution in [0.4, 0.5) is 0 Å². The van der Waals surface area contributed by atoms with E-state index in [0.29, 0.717) is 18.9 Å². The number of hydrogen-bond acceptors (Lipinski definition) is 2. The highest BCUT2D eigenvalue weighted by Crippen LogP contribution is 2.34. The van der Waals surface area contributed by atoms with E-state index in [4.69, 9.17) is 0 Å². The molecule has 3 rings (SSSR count). The molecular weight excluding hydrogens is 286 g/mol. The normalized spacial score (nSPS) is 20.8. The molecule has 2 atom stereocenters. The van der Waals surface area contributed by atoms with Crippen LogP contribution in [0.25, 0.3) is 11.1 Å². The van der Waals surface area contributed by atoms with Gasteiger partial charge in [-0.2, -0.15) is 0 Å². The second-order valence-corrected chi connectivity index (χ2v) is 6.60. The number of carbonyl (C=O) groups is 1. The van der Waals surface area contributed by atoms with Crippen molar-refractivity contribution in [1.82, 2.24) is 5.32 Å². The largest absolute Gasteiger partial charge is 0.481 e. The molecule has 0 spiro atoms. The smallest absolute Gasteiger partial charge is 0.307 e. The van der Waals surface area contributed by atoms with Gasteiger partial charge in [-0.05, 0) is 40.7 Å². The first-order chi connectivity index (χ1) is 11.1. The fourth-order valence-electron chi connectivity index (χ4n) is 3.34. The molecule has 0 radical (unpaired) electrons. The lowest BCUT2D eigenvalue weighted by Gasteiger charge is -2.18. The van der Waals surface area contributed by atoms with Gasteiger partial charge in [-0.15, -0.1) is 0 Å². The van der Waals surface area contributed by atoms with Gasteiger partial charge in [-0.3, -0.25) is 4.79 Å². The van der Waals surface area contributed by atoms with Crippen LogP contribution in [0.15, 0.2) is 48.5 Å². The lowest BCUT2D eigenvalue weighted by molar-refractivity contribution is -0.141. The molecule has 1 fully saturated rings. The van der Waals surface area contributed by atoms with E-state index >= 15 is 0 Å². The van der Waals surface area contributed by atoms with Crippen LogP contribution in [0.3, 0.4) is 0 Å². The molecule has 1 heterocycles. The Morgan fingerprint density at radius 1 is 1.17 bits per heavy atom. The van der Waals surface area contributed by atoms with E-state index in [9.17, 15) is 9.90 Å². The van der Waals surface area contributed by atoms with Crippen LogP contribution in [-0.4, -0.2) is 17.6 Å². The topological polar surface area (TPSA) is 49.3 Å². The van der Waals surface area contributed by atoms with E-state index < -0.39 is 5.97 Å². The molecule has 0 saturated carbocycles. The average molecular weight is 309 g/mol. The van der Waals surface area contributed by atoms with Gasteiger partial charge in [0.25, 0.3) is 0 Å². The Bertz CT molecular complexity index is 694. The van der Waals surface area contributed by atoms with Gasteiger partial charge in [0.2, 0.25) is 0 Å². The number of carboxylic acid groups (broad SMARTS) is 1. The second-order valence-electron chi connectivity index (χ2n) is 6.60. The Labute approximate surface area is 137 Å². The zero-order valence-corrected chi connectivity index (χ0v) is 13.6. The number of benzene rings is 2. The highest BCUT2D eigenvalue weighted by molar-refractivity contribution is 5.71. The quantitative estimate of drug-likeness (QED) is 0.889. The maximum Gasteiger partial charge on any atom is 0.307 e. The predicted molar refractivity (Wildman–Crippen MR) is 92.5 cm³/mol. The summed E-state index contributed by atoms with van der Waals surface area (Å²) < 4.78 is 0. The summed E-state index contributed by atoms with van der Waals surface area (Å²) in [4.78, 5) is 11.2. The van der Waals surface area contributed by atoms with Gasteiger partial charge in [-0.25, -0.2) is 0 Å². The van der Waals surface area contributed by atoms with Gasteiger partial charge in [0.05, 0.1) is 5.92 Å². The minimum atomic E-state index is -0.706. The Kier molecular flexibility index (Phi) is 4.49. The minimum absolute atomic E-state index is 0.125. The molecule has 0 bridgehead atoms. The summed E-state index contributed by atoms with van der Waals surface area (Å²) in [6.07, 6.45) is 0.657. The van der Waals surface area contributed by atoms with Crippen molar-refractivity contribution in [1.29, 1.82) is 0 Å². The molecule has 0 amide bonds. The number of rotatable bonds is 4. The summed E-state index contributed by atoms with van der Waals surface area (Å²) in [5.74, 6) is -0.547. The number of hydrogen-bond donors (Lipinski definition) is 2. The third-order valence-corrected chi connectivity index (χ3v) is 4.67. The number of nitrogens with one attached hydrogen (secondary N) is 1. The van der Waals surface area contributed by atoms with E-state index in [1.165, 1.54) is 22.3 Å². The zero-order valence-electron chi connectivity index (χ0n) is 13.6. The monoisotopic (exact) mass is 309 g/mol. The Balaban J connectivity index is 1.97. The summed E-state index contributed by atoms with van der Waals surface area (Å²) in [7, 11) is 0. The molecule has 3 heteroatoms. The Morgan fingerprint density at radius 3 is 2.52 bits per heavy atom. The molecule has 0 aromatic heterocycles. The van der Waals surface area contributed by atoms with Crippen LogP contribution in [-0.2, 0) is 4.79 Å². The van der Waals surface area contributed by atoms with Crippen molar-refractivity contribution in [2.24, 2.45) is 5.92 Å². The number of carboxylic acids is 1. The summed E-state index contributed by atoms with van der Waals surface area (Å²) in [6, 6.07) is 17.1. The first-order valence-corrected chi connectivity index (χ1v) is 8.21. The van der Waals surface area contributed by atoms with Gasteiger partial charge in [0.1, 0.15) is 0 Å². The van der Waals surface area contributed by atoms with Crippen molar-refractivity contribution in [2.75, 3.05) is 6.54 Å². The molecule has 2 aromatic rings. The lowest BCUT2D eigenvalue weighted by atomic mass is 9.89. The van der Waals surface area contributed by atoms with E-state index in [1.54, 1.807) is 0 Å². The molecule has 2 unspecified atom stereocenters. The van der Waals surface area contributed by atoms with Crippen molar-refractivity contribution in [3.63, 3.8) is 0 Å². The summed E-state index contributed by atoms with van der Waals surface area (Å²) >= 11 is 0. The van der Waals surface area contributed by atoms with E-state index in [-0.39, 0.29) is 12.0 Å². The molecule has 2 N–H and O–H groups in total. The molecule has 1 aliphatic heterocycles. The van der Waals surface area contributed by atoms with Crippen LogP contribution in [0, 0.1) is 5.92 Å². The number of aliphatic carboxylic acids is 1.